The van der Waals surface area contributed by atoms with Gasteiger partial charge in [-0.3, -0.25) is 4.79 Å². The molecule has 0 fully saturated rings. The number of nitriles is 1. The van der Waals surface area contributed by atoms with Crippen molar-refractivity contribution in [3.05, 3.63) is 53.6 Å². The number of ether oxygens (including phenoxy) is 3. The quantitative estimate of drug-likeness (QED) is 0.883. The van der Waals surface area contributed by atoms with Crippen molar-refractivity contribution in [2.24, 2.45) is 0 Å². The van der Waals surface area contributed by atoms with Crippen LogP contribution in [0.5, 0.6) is 17.2 Å². The molecule has 6 heteroatoms. The van der Waals surface area contributed by atoms with Crippen LogP contribution in [0.2, 0.25) is 0 Å². The van der Waals surface area contributed by atoms with Crippen LogP contribution in [0.4, 0.5) is 0 Å². The Morgan fingerprint density at radius 2 is 1.67 bits per heavy atom. The zero-order valence-electron chi connectivity index (χ0n) is 13.7. The third kappa shape index (κ3) is 3.41. The molecule has 0 spiro atoms. The molecule has 0 aliphatic rings. The van der Waals surface area contributed by atoms with Gasteiger partial charge in [-0.25, -0.2) is 0 Å². The summed E-state index contributed by atoms with van der Waals surface area (Å²) in [6, 6.07) is 13.2. The van der Waals surface area contributed by atoms with Crippen molar-refractivity contribution in [3.8, 4) is 23.3 Å². The van der Waals surface area contributed by atoms with Crippen LogP contribution in [-0.4, -0.2) is 27.2 Å². The van der Waals surface area contributed by atoms with Gasteiger partial charge in [0.1, 0.15) is 11.8 Å². The van der Waals surface area contributed by atoms with Gasteiger partial charge in [-0.1, -0.05) is 24.3 Å². The Labute approximate surface area is 140 Å². The highest BCUT2D eigenvalue weighted by atomic mass is 16.5. The number of carbonyl (C=O) groups excluding carboxylic acids is 1. The highest BCUT2D eigenvalue weighted by molar-refractivity contribution is 5.98. The topological polar surface area (TPSA) is 80.6 Å². The second-order valence-corrected chi connectivity index (χ2v) is 4.82. The maximum absolute atomic E-state index is 12.6. The largest absolute Gasteiger partial charge is 0.496 e. The fourth-order valence-electron chi connectivity index (χ4n) is 2.36. The Morgan fingerprint density at radius 3 is 2.29 bits per heavy atom. The van der Waals surface area contributed by atoms with Gasteiger partial charge in [0.05, 0.1) is 33.0 Å². The maximum Gasteiger partial charge on any atom is 0.256 e. The summed E-state index contributed by atoms with van der Waals surface area (Å²) in [5.41, 5.74) is 0.865. The van der Waals surface area contributed by atoms with E-state index in [9.17, 15) is 10.1 Å². The predicted molar refractivity (Wildman–Crippen MR) is 88.4 cm³/mol. The van der Waals surface area contributed by atoms with Crippen molar-refractivity contribution in [2.45, 2.75) is 6.04 Å². The van der Waals surface area contributed by atoms with Crippen molar-refractivity contribution in [3.63, 3.8) is 0 Å². The van der Waals surface area contributed by atoms with E-state index in [2.05, 4.69) is 11.4 Å². The van der Waals surface area contributed by atoms with Crippen molar-refractivity contribution < 1.29 is 19.0 Å². The summed E-state index contributed by atoms with van der Waals surface area (Å²) in [6.07, 6.45) is 0. The van der Waals surface area contributed by atoms with Gasteiger partial charge < -0.3 is 19.5 Å². The lowest BCUT2D eigenvalue weighted by atomic mass is 10.1. The van der Waals surface area contributed by atoms with E-state index in [4.69, 9.17) is 14.2 Å². The van der Waals surface area contributed by atoms with Crippen LogP contribution < -0.4 is 19.5 Å². The molecule has 2 aromatic rings. The number of nitrogens with zero attached hydrogens (tertiary/aromatic N) is 1. The third-order valence-electron chi connectivity index (χ3n) is 3.50. The second-order valence-electron chi connectivity index (χ2n) is 4.82. The molecule has 1 N–H and O–H groups in total. The summed E-state index contributed by atoms with van der Waals surface area (Å²) in [5.74, 6) is 0.843. The van der Waals surface area contributed by atoms with Crippen LogP contribution in [0, 0.1) is 11.3 Å². The van der Waals surface area contributed by atoms with Crippen LogP contribution in [0.15, 0.2) is 42.5 Å². The molecule has 0 bridgehead atoms. The fourth-order valence-corrected chi connectivity index (χ4v) is 2.36. The summed E-state index contributed by atoms with van der Waals surface area (Å²) in [5, 5.41) is 12.1. The monoisotopic (exact) mass is 326 g/mol. The molecule has 0 heterocycles. The van der Waals surface area contributed by atoms with Crippen molar-refractivity contribution in [1.82, 2.24) is 5.32 Å². The highest BCUT2D eigenvalue weighted by Crippen LogP contribution is 2.31. The first kappa shape index (κ1) is 17.2. The first-order chi connectivity index (χ1) is 11.7. The number of amides is 1. The normalized spacial score (nSPS) is 11.1. The molecule has 2 rings (SSSR count). The van der Waals surface area contributed by atoms with Crippen LogP contribution in [0.3, 0.4) is 0 Å². The Hall–Kier alpha value is -3.20. The van der Waals surface area contributed by atoms with E-state index in [1.165, 1.54) is 21.3 Å². The number of para-hydroxylation sites is 2. The van der Waals surface area contributed by atoms with Crippen LogP contribution >= 0.6 is 0 Å². The summed E-state index contributed by atoms with van der Waals surface area (Å²) in [7, 11) is 4.46. The van der Waals surface area contributed by atoms with Gasteiger partial charge in [0.2, 0.25) is 0 Å². The minimum atomic E-state index is -0.857. The van der Waals surface area contributed by atoms with Crippen molar-refractivity contribution >= 4 is 5.91 Å². The highest BCUT2D eigenvalue weighted by Gasteiger charge is 2.22. The molecule has 0 saturated heterocycles. The summed E-state index contributed by atoms with van der Waals surface area (Å²) < 4.78 is 15.7. The molecule has 1 amide bonds. The Bertz CT molecular complexity index is 768. The number of benzene rings is 2. The number of hydrogen-bond acceptors (Lipinski definition) is 5. The number of rotatable bonds is 6. The van der Waals surface area contributed by atoms with Gasteiger partial charge in [0, 0.05) is 5.56 Å². The number of nitrogens with one attached hydrogen (secondary N) is 1. The van der Waals surface area contributed by atoms with Gasteiger partial charge in [0.25, 0.3) is 5.91 Å². The number of methoxy groups -OCH3 is 3. The van der Waals surface area contributed by atoms with Gasteiger partial charge >= 0.3 is 0 Å². The first-order valence-corrected chi connectivity index (χ1v) is 7.20. The molecule has 24 heavy (non-hydrogen) atoms. The standard InChI is InChI=1S/C18H18N2O4/c1-22-15-9-5-4-7-12(15)14(11-19)20-18(21)13-8-6-10-16(23-2)17(13)24-3/h4-10,14H,1-3H3,(H,20,21)/t14-/m1/s1. The van der Waals surface area contributed by atoms with E-state index in [1.54, 1.807) is 42.5 Å². The van der Waals surface area contributed by atoms with E-state index in [0.717, 1.165) is 0 Å². The second kappa shape index (κ2) is 7.88. The van der Waals surface area contributed by atoms with Gasteiger partial charge in [-0.15, -0.1) is 0 Å². The van der Waals surface area contributed by atoms with Crippen LogP contribution in [0.25, 0.3) is 0 Å². The minimum absolute atomic E-state index is 0.284. The minimum Gasteiger partial charge on any atom is -0.496 e. The molecule has 6 nitrogen and oxygen atoms in total. The van der Waals surface area contributed by atoms with E-state index in [0.29, 0.717) is 22.8 Å². The van der Waals surface area contributed by atoms with Gasteiger partial charge in [0.15, 0.2) is 11.5 Å². The predicted octanol–water partition coefficient (Wildman–Crippen LogP) is 2.71. The molecule has 1 atom stereocenters. The average Bonchev–Trinajstić information content (AvgIpc) is 2.64. The van der Waals surface area contributed by atoms with Crippen LogP contribution in [-0.2, 0) is 0 Å². The molecule has 0 aliphatic heterocycles. The number of hydrogen-bond donors (Lipinski definition) is 1. The molecule has 124 valence electrons. The molecule has 0 radical (unpaired) electrons. The van der Waals surface area contributed by atoms with Gasteiger partial charge in [-0.2, -0.15) is 5.26 Å². The zero-order valence-corrected chi connectivity index (χ0v) is 13.7. The Balaban J connectivity index is 2.33. The molecule has 2 aromatic carbocycles. The average molecular weight is 326 g/mol. The SMILES string of the molecule is COc1ccccc1[C@@H](C#N)NC(=O)c1cccc(OC)c1OC. The summed E-state index contributed by atoms with van der Waals surface area (Å²) >= 11 is 0. The van der Waals surface area contributed by atoms with Crippen molar-refractivity contribution in [1.29, 1.82) is 5.26 Å². The lowest BCUT2D eigenvalue weighted by Gasteiger charge is -2.17. The van der Waals surface area contributed by atoms with E-state index < -0.39 is 11.9 Å². The smallest absolute Gasteiger partial charge is 0.256 e. The van der Waals surface area contributed by atoms with E-state index >= 15 is 0 Å². The molecule has 0 aliphatic carbocycles. The van der Waals surface area contributed by atoms with E-state index in [-0.39, 0.29) is 5.56 Å². The van der Waals surface area contributed by atoms with Crippen molar-refractivity contribution in [2.75, 3.05) is 21.3 Å². The zero-order chi connectivity index (χ0) is 17.5. The molecule has 0 unspecified atom stereocenters. The van der Waals surface area contributed by atoms with Gasteiger partial charge in [-0.05, 0) is 18.2 Å². The lowest BCUT2D eigenvalue weighted by molar-refractivity contribution is 0.0941. The molecule has 0 saturated carbocycles. The summed E-state index contributed by atoms with van der Waals surface area (Å²) in [4.78, 5) is 12.6. The molecule has 0 aromatic heterocycles. The lowest BCUT2D eigenvalue weighted by Crippen LogP contribution is -2.28. The van der Waals surface area contributed by atoms with E-state index in [1.807, 2.05) is 0 Å². The number of carbonyl (C=O) groups is 1. The molecular formula is C18H18N2O4. The fraction of sp³-hybridized carbons (Fsp3) is 0.222. The molecular weight excluding hydrogens is 308 g/mol. The maximum atomic E-state index is 12.6. The first-order valence-electron chi connectivity index (χ1n) is 7.20. The Kier molecular flexibility index (Phi) is 5.63. The Morgan fingerprint density at radius 1 is 1.00 bits per heavy atom. The van der Waals surface area contributed by atoms with Crippen LogP contribution in [0.1, 0.15) is 22.0 Å². The summed E-state index contributed by atoms with van der Waals surface area (Å²) in [6.45, 7) is 0. The third-order valence-corrected chi connectivity index (χ3v) is 3.50.